The number of methoxy groups -OCH3 is 1. The number of likely N-dealkylation sites (tertiary alicyclic amines) is 1. The van der Waals surface area contributed by atoms with Crippen LogP contribution < -0.4 is 10.5 Å². The van der Waals surface area contributed by atoms with E-state index in [2.05, 4.69) is 4.90 Å². The van der Waals surface area contributed by atoms with Gasteiger partial charge in [-0.15, -0.1) is 0 Å². The normalized spacial score (nSPS) is 27.3. The highest BCUT2D eigenvalue weighted by Crippen LogP contribution is 2.38. The Balaban J connectivity index is 1.88. The minimum absolute atomic E-state index is 0.0245. The molecule has 1 heterocycles. The van der Waals surface area contributed by atoms with E-state index >= 15 is 0 Å². The van der Waals surface area contributed by atoms with E-state index in [0.29, 0.717) is 12.5 Å². The summed E-state index contributed by atoms with van der Waals surface area (Å²) in [6, 6.07) is 8.25. The maximum atomic E-state index is 12.3. The molecule has 3 rings (SSSR count). The summed E-state index contributed by atoms with van der Waals surface area (Å²) in [5.74, 6) is 1.05. The van der Waals surface area contributed by atoms with Gasteiger partial charge in [0.15, 0.2) is 0 Å². The number of ether oxygens (including phenoxy) is 1. The fourth-order valence-electron chi connectivity index (χ4n) is 3.60. The lowest BCUT2D eigenvalue weighted by atomic mass is 9.99. The highest BCUT2D eigenvalue weighted by Gasteiger charge is 2.42. The Morgan fingerprint density at radius 2 is 1.85 bits per heavy atom. The third-order valence-corrected chi connectivity index (χ3v) is 4.58. The van der Waals surface area contributed by atoms with Crippen molar-refractivity contribution in [2.45, 2.75) is 50.2 Å². The lowest BCUT2D eigenvalue weighted by molar-refractivity contribution is -0.131. The zero-order valence-electron chi connectivity index (χ0n) is 11.9. The maximum Gasteiger partial charge on any atom is 0.225 e. The Hall–Kier alpha value is -1.55. The van der Waals surface area contributed by atoms with Gasteiger partial charge in [0.1, 0.15) is 5.75 Å². The lowest BCUT2D eigenvalue weighted by Gasteiger charge is -2.32. The van der Waals surface area contributed by atoms with E-state index in [1.165, 1.54) is 12.8 Å². The third kappa shape index (κ3) is 2.29. The van der Waals surface area contributed by atoms with Crippen LogP contribution in [-0.2, 0) is 4.79 Å². The van der Waals surface area contributed by atoms with Crippen molar-refractivity contribution in [2.24, 2.45) is 5.73 Å². The molecule has 0 spiro atoms. The topological polar surface area (TPSA) is 55.6 Å². The summed E-state index contributed by atoms with van der Waals surface area (Å²) in [6.45, 7) is 0. The van der Waals surface area contributed by atoms with Crippen molar-refractivity contribution < 1.29 is 9.53 Å². The van der Waals surface area contributed by atoms with Crippen molar-refractivity contribution in [3.63, 3.8) is 0 Å². The average Bonchev–Trinajstić information content (AvgIpc) is 3.06. The highest BCUT2D eigenvalue weighted by molar-refractivity contribution is 5.80. The number of carbonyl (C=O) groups excluding carboxylic acids is 1. The number of amides is 1. The molecule has 2 atom stereocenters. The van der Waals surface area contributed by atoms with Gasteiger partial charge < -0.3 is 15.4 Å². The lowest BCUT2D eigenvalue weighted by Crippen LogP contribution is -2.39. The number of benzene rings is 1. The predicted molar refractivity (Wildman–Crippen MR) is 77.4 cm³/mol. The van der Waals surface area contributed by atoms with Crippen LogP contribution >= 0.6 is 0 Å². The Bertz CT molecular complexity index is 480. The Morgan fingerprint density at radius 3 is 2.45 bits per heavy atom. The van der Waals surface area contributed by atoms with E-state index in [0.717, 1.165) is 24.2 Å². The number of hydrogen-bond donors (Lipinski definition) is 1. The largest absolute Gasteiger partial charge is 0.497 e. The SMILES string of the molecule is COc1ccc(C2C(N)CC(=O)N2C2CCCC2)cc1. The maximum absolute atomic E-state index is 12.3. The Kier molecular flexibility index (Phi) is 3.66. The number of hydrogen-bond acceptors (Lipinski definition) is 3. The van der Waals surface area contributed by atoms with E-state index < -0.39 is 0 Å². The van der Waals surface area contributed by atoms with Crippen molar-refractivity contribution in [2.75, 3.05) is 7.11 Å². The van der Waals surface area contributed by atoms with Gasteiger partial charge in [0.25, 0.3) is 0 Å². The summed E-state index contributed by atoms with van der Waals surface area (Å²) in [6.07, 6.45) is 5.14. The molecule has 0 radical (unpaired) electrons. The molecule has 2 unspecified atom stereocenters. The summed E-state index contributed by atoms with van der Waals surface area (Å²) < 4.78 is 5.19. The molecule has 2 fully saturated rings. The van der Waals surface area contributed by atoms with Gasteiger partial charge in [-0.3, -0.25) is 4.79 Å². The van der Waals surface area contributed by atoms with Crippen LogP contribution in [0.1, 0.15) is 43.7 Å². The molecular weight excluding hydrogens is 252 g/mol. The van der Waals surface area contributed by atoms with Crippen LogP contribution in [0.25, 0.3) is 0 Å². The smallest absolute Gasteiger partial charge is 0.225 e. The molecule has 2 aliphatic rings. The van der Waals surface area contributed by atoms with Gasteiger partial charge >= 0.3 is 0 Å². The van der Waals surface area contributed by atoms with Crippen LogP contribution in [-0.4, -0.2) is 30.0 Å². The van der Waals surface area contributed by atoms with E-state index in [4.69, 9.17) is 10.5 Å². The second-order valence-corrected chi connectivity index (χ2v) is 5.83. The van der Waals surface area contributed by atoms with Gasteiger partial charge in [-0.25, -0.2) is 0 Å². The minimum Gasteiger partial charge on any atom is -0.497 e. The van der Waals surface area contributed by atoms with Crippen LogP contribution in [0, 0.1) is 0 Å². The molecule has 1 aliphatic heterocycles. The number of nitrogens with two attached hydrogens (primary N) is 1. The Labute approximate surface area is 119 Å². The summed E-state index contributed by atoms with van der Waals surface area (Å²) >= 11 is 0. The van der Waals surface area contributed by atoms with E-state index in [1.807, 2.05) is 24.3 Å². The molecule has 20 heavy (non-hydrogen) atoms. The van der Waals surface area contributed by atoms with Crippen molar-refractivity contribution in [3.05, 3.63) is 29.8 Å². The molecule has 108 valence electrons. The first-order valence-corrected chi connectivity index (χ1v) is 7.41. The first kappa shape index (κ1) is 13.4. The summed E-state index contributed by atoms with van der Waals surface area (Å²) in [4.78, 5) is 14.4. The van der Waals surface area contributed by atoms with Crippen molar-refractivity contribution in [1.29, 1.82) is 0 Å². The van der Waals surface area contributed by atoms with E-state index in [-0.39, 0.29) is 18.0 Å². The first-order chi connectivity index (χ1) is 9.70. The number of rotatable bonds is 3. The van der Waals surface area contributed by atoms with Crippen LogP contribution in [0.3, 0.4) is 0 Å². The molecule has 1 saturated carbocycles. The fourth-order valence-corrected chi connectivity index (χ4v) is 3.60. The second-order valence-electron chi connectivity index (χ2n) is 5.83. The molecular formula is C16H22N2O2. The standard InChI is InChI=1S/C16H22N2O2/c1-20-13-8-6-11(7-9-13)16-14(17)10-15(19)18(16)12-4-2-3-5-12/h6-9,12,14,16H,2-5,10,17H2,1H3. The van der Waals surface area contributed by atoms with Gasteiger partial charge in [0, 0.05) is 18.5 Å². The quantitative estimate of drug-likeness (QED) is 0.919. The summed E-state index contributed by atoms with van der Waals surface area (Å²) in [5, 5.41) is 0. The van der Waals surface area contributed by atoms with Crippen LogP contribution in [0.15, 0.2) is 24.3 Å². The van der Waals surface area contributed by atoms with Crippen LogP contribution in [0.4, 0.5) is 0 Å². The average molecular weight is 274 g/mol. The summed E-state index contributed by atoms with van der Waals surface area (Å²) in [7, 11) is 1.66. The molecule has 1 amide bonds. The number of nitrogens with zero attached hydrogens (tertiary/aromatic N) is 1. The molecule has 4 heteroatoms. The van der Waals surface area contributed by atoms with Crippen molar-refractivity contribution in [3.8, 4) is 5.75 Å². The van der Waals surface area contributed by atoms with Gasteiger partial charge in [-0.2, -0.15) is 0 Å². The molecule has 4 nitrogen and oxygen atoms in total. The van der Waals surface area contributed by atoms with Crippen molar-refractivity contribution in [1.82, 2.24) is 4.90 Å². The first-order valence-electron chi connectivity index (χ1n) is 7.41. The van der Waals surface area contributed by atoms with Gasteiger partial charge in [0.05, 0.1) is 13.2 Å². The molecule has 1 aromatic rings. The van der Waals surface area contributed by atoms with Crippen LogP contribution in [0.5, 0.6) is 5.75 Å². The van der Waals surface area contributed by atoms with Crippen LogP contribution in [0.2, 0.25) is 0 Å². The molecule has 1 saturated heterocycles. The summed E-state index contributed by atoms with van der Waals surface area (Å²) in [5.41, 5.74) is 7.36. The fraction of sp³-hybridized carbons (Fsp3) is 0.562. The zero-order valence-corrected chi connectivity index (χ0v) is 11.9. The molecule has 0 aromatic heterocycles. The third-order valence-electron chi connectivity index (χ3n) is 4.58. The van der Waals surface area contributed by atoms with E-state index in [9.17, 15) is 4.79 Å². The minimum atomic E-state index is -0.100. The highest BCUT2D eigenvalue weighted by atomic mass is 16.5. The van der Waals surface area contributed by atoms with Crippen molar-refractivity contribution >= 4 is 5.91 Å². The number of carbonyl (C=O) groups is 1. The van der Waals surface area contributed by atoms with Gasteiger partial charge in [0.2, 0.25) is 5.91 Å². The predicted octanol–water partition coefficient (Wildman–Crippen LogP) is 2.24. The molecule has 0 bridgehead atoms. The Morgan fingerprint density at radius 1 is 1.20 bits per heavy atom. The van der Waals surface area contributed by atoms with Gasteiger partial charge in [-0.1, -0.05) is 25.0 Å². The zero-order chi connectivity index (χ0) is 14.1. The van der Waals surface area contributed by atoms with Gasteiger partial charge in [-0.05, 0) is 30.5 Å². The monoisotopic (exact) mass is 274 g/mol. The second kappa shape index (κ2) is 5.44. The van der Waals surface area contributed by atoms with E-state index in [1.54, 1.807) is 7.11 Å². The molecule has 2 N–H and O–H groups in total. The molecule has 1 aliphatic carbocycles. The molecule has 1 aromatic carbocycles.